The number of pyridine rings is 1. The van der Waals surface area contributed by atoms with Gasteiger partial charge >= 0.3 is 0 Å². The highest BCUT2D eigenvalue weighted by molar-refractivity contribution is 5.65. The molecule has 0 spiro atoms. The van der Waals surface area contributed by atoms with Gasteiger partial charge in [-0.1, -0.05) is 0 Å². The quantitative estimate of drug-likeness (QED) is 0.841. The Bertz CT molecular complexity index is 337. The van der Waals surface area contributed by atoms with E-state index in [1.54, 1.807) is 12.4 Å². The highest BCUT2D eigenvalue weighted by atomic mass is 16.5. The molecule has 0 atom stereocenters. The normalized spacial score (nSPS) is 17.3. The van der Waals surface area contributed by atoms with Crippen molar-refractivity contribution in [2.24, 2.45) is 5.92 Å². The van der Waals surface area contributed by atoms with Crippen LogP contribution in [0, 0.1) is 5.92 Å². The summed E-state index contributed by atoms with van der Waals surface area (Å²) in [7, 11) is 2.08. The van der Waals surface area contributed by atoms with Gasteiger partial charge in [-0.25, -0.2) is 0 Å². The zero-order valence-electron chi connectivity index (χ0n) is 9.72. The van der Waals surface area contributed by atoms with E-state index in [9.17, 15) is 0 Å². The molecule has 0 aliphatic carbocycles. The lowest BCUT2D eigenvalue weighted by Crippen LogP contribution is -2.29. The molecule has 1 aliphatic heterocycles. The fraction of sp³-hybridized carbons (Fsp3) is 0.583. The molecule has 1 aliphatic rings. The number of hydrogen-bond acceptors (Lipinski definition) is 4. The van der Waals surface area contributed by atoms with Gasteiger partial charge in [0.1, 0.15) is 0 Å². The molecule has 1 aromatic heterocycles. The highest BCUT2D eigenvalue weighted by Crippen LogP contribution is 2.23. The summed E-state index contributed by atoms with van der Waals surface area (Å²) in [4.78, 5) is 6.22. The third kappa shape index (κ3) is 2.64. The van der Waals surface area contributed by atoms with E-state index >= 15 is 0 Å². The van der Waals surface area contributed by atoms with Gasteiger partial charge in [-0.05, 0) is 24.8 Å². The minimum absolute atomic E-state index is 0.714. The maximum atomic E-state index is 5.90. The number of rotatable bonds is 3. The molecule has 1 saturated heterocycles. The van der Waals surface area contributed by atoms with Crippen LogP contribution in [0.15, 0.2) is 18.5 Å². The van der Waals surface area contributed by atoms with Crippen molar-refractivity contribution in [3.63, 3.8) is 0 Å². The molecule has 2 heterocycles. The molecule has 1 fully saturated rings. The van der Waals surface area contributed by atoms with E-state index in [2.05, 4.69) is 16.9 Å². The zero-order chi connectivity index (χ0) is 11.4. The van der Waals surface area contributed by atoms with Crippen LogP contribution in [-0.4, -0.2) is 31.8 Å². The minimum atomic E-state index is 0.714. The third-order valence-electron chi connectivity index (χ3n) is 3.11. The molecular weight excluding hydrogens is 202 g/mol. The van der Waals surface area contributed by atoms with Crippen molar-refractivity contribution in [1.82, 2.24) is 4.98 Å². The van der Waals surface area contributed by atoms with E-state index in [1.807, 2.05) is 6.07 Å². The number of nitrogens with two attached hydrogens (primary N) is 1. The molecule has 0 amide bonds. The fourth-order valence-electron chi connectivity index (χ4n) is 2.16. The van der Waals surface area contributed by atoms with Crippen molar-refractivity contribution in [2.75, 3.05) is 37.4 Å². The SMILES string of the molecule is CN(CC1CCOCC1)c1ccncc1N. The van der Waals surface area contributed by atoms with Crippen molar-refractivity contribution in [3.05, 3.63) is 18.5 Å². The summed E-state index contributed by atoms with van der Waals surface area (Å²) < 4.78 is 5.36. The molecule has 16 heavy (non-hydrogen) atoms. The summed E-state index contributed by atoms with van der Waals surface area (Å²) in [5.74, 6) is 0.714. The van der Waals surface area contributed by atoms with Gasteiger partial charge in [-0.3, -0.25) is 4.98 Å². The second-order valence-corrected chi connectivity index (χ2v) is 4.37. The predicted molar refractivity (Wildman–Crippen MR) is 65.5 cm³/mol. The number of anilines is 2. The van der Waals surface area contributed by atoms with Crippen LogP contribution < -0.4 is 10.6 Å². The van der Waals surface area contributed by atoms with Gasteiger partial charge in [0, 0.05) is 33.0 Å². The van der Waals surface area contributed by atoms with Crippen LogP contribution in [0.3, 0.4) is 0 Å². The Labute approximate surface area is 96.4 Å². The standard InChI is InChI=1S/C12H19N3O/c1-15(9-10-3-6-16-7-4-10)12-2-5-14-8-11(12)13/h2,5,8,10H,3-4,6-7,9,13H2,1H3. The molecule has 1 aromatic rings. The number of aromatic nitrogens is 1. The first-order valence-corrected chi connectivity index (χ1v) is 5.75. The number of hydrogen-bond donors (Lipinski definition) is 1. The van der Waals surface area contributed by atoms with Crippen LogP contribution in [0.5, 0.6) is 0 Å². The van der Waals surface area contributed by atoms with Gasteiger partial charge in [-0.2, -0.15) is 0 Å². The number of nitrogens with zero attached hydrogens (tertiary/aromatic N) is 2. The molecular formula is C12H19N3O. The maximum absolute atomic E-state index is 5.90. The van der Waals surface area contributed by atoms with Crippen LogP contribution in [0.2, 0.25) is 0 Å². The van der Waals surface area contributed by atoms with E-state index in [0.29, 0.717) is 5.92 Å². The van der Waals surface area contributed by atoms with Crippen molar-refractivity contribution in [2.45, 2.75) is 12.8 Å². The Morgan fingerprint density at radius 1 is 1.50 bits per heavy atom. The first-order valence-electron chi connectivity index (χ1n) is 5.75. The summed E-state index contributed by atoms with van der Waals surface area (Å²) in [5, 5.41) is 0. The van der Waals surface area contributed by atoms with Gasteiger partial charge in [0.2, 0.25) is 0 Å². The number of nitrogen functional groups attached to an aromatic ring is 1. The van der Waals surface area contributed by atoms with Crippen LogP contribution in [-0.2, 0) is 4.74 Å². The molecule has 0 aromatic carbocycles. The topological polar surface area (TPSA) is 51.4 Å². The summed E-state index contributed by atoms with van der Waals surface area (Å²) in [6.07, 6.45) is 5.78. The first kappa shape index (κ1) is 11.2. The summed E-state index contributed by atoms with van der Waals surface area (Å²) in [6, 6.07) is 1.97. The van der Waals surface area contributed by atoms with Crippen LogP contribution in [0.25, 0.3) is 0 Å². The Kier molecular flexibility index (Phi) is 3.62. The van der Waals surface area contributed by atoms with Crippen LogP contribution >= 0.6 is 0 Å². The molecule has 0 bridgehead atoms. The van der Waals surface area contributed by atoms with Crippen molar-refractivity contribution < 1.29 is 4.74 Å². The molecule has 0 unspecified atom stereocenters. The van der Waals surface area contributed by atoms with E-state index in [0.717, 1.165) is 44.0 Å². The molecule has 4 heteroatoms. The molecule has 2 N–H and O–H groups in total. The summed E-state index contributed by atoms with van der Waals surface area (Å²) >= 11 is 0. The molecule has 2 rings (SSSR count). The second kappa shape index (κ2) is 5.16. The molecule has 0 saturated carbocycles. The summed E-state index contributed by atoms with van der Waals surface area (Å²) in [5.41, 5.74) is 7.72. The Morgan fingerprint density at radius 3 is 2.94 bits per heavy atom. The van der Waals surface area contributed by atoms with Crippen molar-refractivity contribution >= 4 is 11.4 Å². The third-order valence-corrected chi connectivity index (χ3v) is 3.11. The van der Waals surface area contributed by atoms with E-state index < -0.39 is 0 Å². The van der Waals surface area contributed by atoms with Gasteiger partial charge in [-0.15, -0.1) is 0 Å². The summed E-state index contributed by atoms with van der Waals surface area (Å²) in [6.45, 7) is 2.83. The van der Waals surface area contributed by atoms with Gasteiger partial charge in [0.15, 0.2) is 0 Å². The largest absolute Gasteiger partial charge is 0.396 e. The fourth-order valence-corrected chi connectivity index (χ4v) is 2.16. The molecule has 0 radical (unpaired) electrons. The lowest BCUT2D eigenvalue weighted by molar-refractivity contribution is 0.0685. The molecule has 88 valence electrons. The van der Waals surface area contributed by atoms with Crippen LogP contribution in [0.1, 0.15) is 12.8 Å². The lowest BCUT2D eigenvalue weighted by atomic mass is 10.00. The van der Waals surface area contributed by atoms with Crippen molar-refractivity contribution in [1.29, 1.82) is 0 Å². The highest BCUT2D eigenvalue weighted by Gasteiger charge is 2.16. The Morgan fingerprint density at radius 2 is 2.25 bits per heavy atom. The van der Waals surface area contributed by atoms with Crippen LogP contribution in [0.4, 0.5) is 11.4 Å². The first-order chi connectivity index (χ1) is 7.77. The van der Waals surface area contributed by atoms with Gasteiger partial charge < -0.3 is 15.4 Å². The van der Waals surface area contributed by atoms with E-state index in [4.69, 9.17) is 10.5 Å². The Hall–Kier alpha value is -1.29. The average molecular weight is 221 g/mol. The second-order valence-electron chi connectivity index (χ2n) is 4.37. The van der Waals surface area contributed by atoms with Gasteiger partial charge in [0.05, 0.1) is 17.6 Å². The smallest absolute Gasteiger partial charge is 0.0738 e. The minimum Gasteiger partial charge on any atom is -0.396 e. The Balaban J connectivity index is 1.96. The monoisotopic (exact) mass is 221 g/mol. The molecule has 4 nitrogen and oxygen atoms in total. The number of ether oxygens (including phenoxy) is 1. The maximum Gasteiger partial charge on any atom is 0.0738 e. The lowest BCUT2D eigenvalue weighted by Gasteiger charge is -2.28. The van der Waals surface area contributed by atoms with Gasteiger partial charge in [0.25, 0.3) is 0 Å². The van der Waals surface area contributed by atoms with E-state index in [-0.39, 0.29) is 0 Å². The predicted octanol–water partition coefficient (Wildman–Crippen LogP) is 1.53. The van der Waals surface area contributed by atoms with E-state index in [1.165, 1.54) is 0 Å². The van der Waals surface area contributed by atoms with Crippen molar-refractivity contribution in [3.8, 4) is 0 Å². The average Bonchev–Trinajstić information content (AvgIpc) is 2.31. The zero-order valence-corrected chi connectivity index (χ0v) is 9.72.